The molecule has 0 amide bonds. The van der Waals surface area contributed by atoms with Crippen LogP contribution in [0.2, 0.25) is 0 Å². The Bertz CT molecular complexity index is 338. The Morgan fingerprint density at radius 1 is 1.62 bits per heavy atom. The van der Waals surface area contributed by atoms with Crippen LogP contribution in [0.4, 0.5) is 8.78 Å². The standard InChI is InChI=1S/C10H10F2S/c1-4-8(7(3)11)9-5-6(2)10(12)13-9/h4-5H,1H2,2-3H3/b8-7-. The van der Waals surface area contributed by atoms with Crippen LogP contribution in [-0.2, 0) is 0 Å². The lowest BCUT2D eigenvalue weighted by atomic mass is 10.2. The number of aryl methyl sites for hydroxylation is 1. The van der Waals surface area contributed by atoms with Crippen LogP contribution in [0.3, 0.4) is 0 Å². The molecule has 0 aliphatic carbocycles. The first-order valence-electron chi connectivity index (χ1n) is 3.81. The van der Waals surface area contributed by atoms with Gasteiger partial charge in [-0.3, -0.25) is 0 Å². The molecule has 0 aliphatic heterocycles. The summed E-state index contributed by atoms with van der Waals surface area (Å²) in [6.07, 6.45) is 1.40. The van der Waals surface area contributed by atoms with E-state index >= 15 is 0 Å². The van der Waals surface area contributed by atoms with Crippen molar-refractivity contribution in [1.82, 2.24) is 0 Å². The van der Waals surface area contributed by atoms with E-state index in [1.54, 1.807) is 13.0 Å². The molecule has 70 valence electrons. The molecule has 0 saturated heterocycles. The second-order valence-electron chi connectivity index (χ2n) is 2.72. The number of rotatable bonds is 2. The van der Waals surface area contributed by atoms with Crippen LogP contribution in [0.15, 0.2) is 24.5 Å². The number of allylic oxidation sites excluding steroid dienone is 3. The highest BCUT2D eigenvalue weighted by atomic mass is 32.1. The van der Waals surface area contributed by atoms with E-state index in [4.69, 9.17) is 0 Å². The van der Waals surface area contributed by atoms with Crippen LogP contribution in [0.25, 0.3) is 5.57 Å². The molecule has 3 heteroatoms. The van der Waals surface area contributed by atoms with Gasteiger partial charge in [0.15, 0.2) is 5.13 Å². The fourth-order valence-corrected chi connectivity index (χ4v) is 1.99. The van der Waals surface area contributed by atoms with Gasteiger partial charge in [-0.05, 0) is 25.5 Å². The Balaban J connectivity index is 3.22. The minimum absolute atomic E-state index is 0.268. The third-order valence-corrected chi connectivity index (χ3v) is 2.76. The Morgan fingerprint density at radius 2 is 2.23 bits per heavy atom. The summed E-state index contributed by atoms with van der Waals surface area (Å²) < 4.78 is 25.8. The highest BCUT2D eigenvalue weighted by Crippen LogP contribution is 2.29. The normalized spacial score (nSPS) is 12.6. The number of thiophene rings is 1. The quantitative estimate of drug-likeness (QED) is 0.631. The van der Waals surface area contributed by atoms with Gasteiger partial charge < -0.3 is 0 Å². The molecule has 0 atom stereocenters. The number of hydrogen-bond acceptors (Lipinski definition) is 1. The average Bonchev–Trinajstić information content (AvgIpc) is 2.32. The Hall–Kier alpha value is -0.960. The van der Waals surface area contributed by atoms with E-state index in [1.807, 2.05) is 0 Å². The summed E-state index contributed by atoms with van der Waals surface area (Å²) >= 11 is 0.940. The minimum atomic E-state index is -0.337. The maximum atomic E-state index is 12.9. The van der Waals surface area contributed by atoms with Crippen molar-refractivity contribution < 1.29 is 8.78 Å². The minimum Gasteiger partial charge on any atom is -0.211 e. The molecule has 0 spiro atoms. The van der Waals surface area contributed by atoms with Gasteiger partial charge in [0.25, 0.3) is 0 Å². The summed E-state index contributed by atoms with van der Waals surface area (Å²) in [4.78, 5) is 0.588. The van der Waals surface area contributed by atoms with Crippen LogP contribution in [0, 0.1) is 12.1 Å². The first-order valence-corrected chi connectivity index (χ1v) is 4.63. The van der Waals surface area contributed by atoms with Crippen molar-refractivity contribution in [3.8, 4) is 0 Å². The van der Waals surface area contributed by atoms with Crippen molar-refractivity contribution in [1.29, 1.82) is 0 Å². The van der Waals surface area contributed by atoms with Gasteiger partial charge in [0, 0.05) is 10.5 Å². The maximum Gasteiger partial charge on any atom is 0.179 e. The lowest BCUT2D eigenvalue weighted by Crippen LogP contribution is -1.76. The lowest BCUT2D eigenvalue weighted by Gasteiger charge is -1.96. The molecule has 13 heavy (non-hydrogen) atoms. The van der Waals surface area contributed by atoms with Gasteiger partial charge in [-0.2, -0.15) is 4.39 Å². The molecule has 0 aromatic carbocycles. The smallest absolute Gasteiger partial charge is 0.179 e. The van der Waals surface area contributed by atoms with Crippen LogP contribution < -0.4 is 0 Å². The summed E-state index contributed by atoms with van der Waals surface area (Å²) in [7, 11) is 0. The molecular weight excluding hydrogens is 190 g/mol. The van der Waals surface area contributed by atoms with Gasteiger partial charge in [-0.25, -0.2) is 4.39 Å². The molecule has 1 aromatic heterocycles. The van der Waals surface area contributed by atoms with Gasteiger partial charge in [-0.15, -0.1) is 11.3 Å². The predicted molar refractivity (Wildman–Crippen MR) is 52.9 cm³/mol. The van der Waals surface area contributed by atoms with Crippen molar-refractivity contribution in [2.75, 3.05) is 0 Å². The molecular formula is C10H10F2S. The van der Waals surface area contributed by atoms with Crippen LogP contribution >= 0.6 is 11.3 Å². The Labute approximate surface area is 80.2 Å². The average molecular weight is 200 g/mol. The highest BCUT2D eigenvalue weighted by Gasteiger charge is 2.09. The molecule has 1 rings (SSSR count). The largest absolute Gasteiger partial charge is 0.211 e. The molecule has 0 nitrogen and oxygen atoms in total. The SMILES string of the molecule is C=C/C(=C(\C)F)c1cc(C)c(F)s1. The summed E-state index contributed by atoms with van der Waals surface area (Å²) in [6.45, 7) is 6.48. The van der Waals surface area contributed by atoms with E-state index in [0.29, 0.717) is 16.0 Å². The molecule has 0 unspecified atom stereocenters. The molecule has 1 heterocycles. The number of hydrogen-bond donors (Lipinski definition) is 0. The van der Waals surface area contributed by atoms with E-state index < -0.39 is 0 Å². The van der Waals surface area contributed by atoms with Crippen molar-refractivity contribution in [3.63, 3.8) is 0 Å². The van der Waals surface area contributed by atoms with Gasteiger partial charge in [0.05, 0.1) is 0 Å². The van der Waals surface area contributed by atoms with E-state index in [9.17, 15) is 8.78 Å². The maximum absolute atomic E-state index is 12.9. The van der Waals surface area contributed by atoms with E-state index in [-0.39, 0.29) is 11.0 Å². The Kier molecular flexibility index (Phi) is 2.98. The first-order chi connectivity index (χ1) is 6.06. The van der Waals surface area contributed by atoms with Gasteiger partial charge in [-0.1, -0.05) is 12.7 Å². The monoisotopic (exact) mass is 200 g/mol. The van der Waals surface area contributed by atoms with Crippen LogP contribution in [0.5, 0.6) is 0 Å². The third kappa shape index (κ3) is 2.04. The topological polar surface area (TPSA) is 0 Å². The van der Waals surface area contributed by atoms with Crippen molar-refractivity contribution in [2.24, 2.45) is 0 Å². The summed E-state index contributed by atoms with van der Waals surface area (Å²) in [5.74, 6) is -0.337. The molecule has 0 radical (unpaired) electrons. The second kappa shape index (κ2) is 3.83. The highest BCUT2D eigenvalue weighted by molar-refractivity contribution is 7.11. The fourth-order valence-electron chi connectivity index (χ4n) is 1.00. The van der Waals surface area contributed by atoms with Crippen molar-refractivity contribution >= 4 is 16.9 Å². The van der Waals surface area contributed by atoms with Gasteiger partial charge >= 0.3 is 0 Å². The van der Waals surface area contributed by atoms with E-state index in [0.717, 1.165) is 11.3 Å². The Morgan fingerprint density at radius 3 is 2.54 bits per heavy atom. The lowest BCUT2D eigenvalue weighted by molar-refractivity contribution is 0.645. The molecule has 0 aliphatic rings. The summed E-state index contributed by atoms with van der Waals surface area (Å²) in [5, 5.41) is -0.268. The van der Waals surface area contributed by atoms with E-state index in [2.05, 4.69) is 6.58 Å². The third-order valence-electron chi connectivity index (χ3n) is 1.70. The van der Waals surface area contributed by atoms with Crippen LogP contribution in [0.1, 0.15) is 17.4 Å². The predicted octanol–water partition coefficient (Wildman–Crippen LogP) is 4.08. The zero-order chi connectivity index (χ0) is 10.0. The van der Waals surface area contributed by atoms with Gasteiger partial charge in [0.2, 0.25) is 0 Å². The summed E-state index contributed by atoms with van der Waals surface area (Å²) in [6, 6.07) is 1.63. The van der Waals surface area contributed by atoms with Crippen molar-refractivity contribution in [2.45, 2.75) is 13.8 Å². The van der Waals surface area contributed by atoms with Crippen molar-refractivity contribution in [3.05, 3.63) is 40.1 Å². The fraction of sp³-hybridized carbons (Fsp3) is 0.200. The summed E-state index contributed by atoms with van der Waals surface area (Å²) in [5.41, 5.74) is 0.914. The zero-order valence-electron chi connectivity index (χ0n) is 7.53. The molecule has 1 aromatic rings. The molecule has 0 saturated carbocycles. The van der Waals surface area contributed by atoms with E-state index in [1.165, 1.54) is 13.0 Å². The first kappa shape index (κ1) is 10.1. The van der Waals surface area contributed by atoms with Gasteiger partial charge in [0.1, 0.15) is 5.83 Å². The molecule has 0 N–H and O–H groups in total. The molecule has 0 bridgehead atoms. The second-order valence-corrected chi connectivity index (χ2v) is 3.72. The number of halogens is 2. The van der Waals surface area contributed by atoms with Crippen LogP contribution in [-0.4, -0.2) is 0 Å². The molecule has 0 fully saturated rings. The zero-order valence-corrected chi connectivity index (χ0v) is 8.34.